The number of carbonyl (C=O) groups excluding carboxylic acids is 1. The first-order valence-corrected chi connectivity index (χ1v) is 4.84. The lowest BCUT2D eigenvalue weighted by Crippen LogP contribution is -2.40. The Kier molecular flexibility index (Phi) is 2.51. The van der Waals surface area contributed by atoms with E-state index in [1.165, 1.54) is 0 Å². The number of nitrogens with one attached hydrogen (secondary N) is 1. The van der Waals surface area contributed by atoms with Crippen LogP contribution in [0.2, 0.25) is 0 Å². The largest absolute Gasteiger partial charge is 0.466 e. The van der Waals surface area contributed by atoms with E-state index in [1.807, 2.05) is 6.92 Å². The second kappa shape index (κ2) is 3.64. The molecule has 2 heterocycles. The standard InChI is InChI=1S/C9H15NO3/c1-2-12-9(11)7-3-6-4-10-5-8(7)13-6/h6-8,10H,2-5H2,1H3/t6-,7+,8-/m0/s1. The average Bonchev–Trinajstić information content (AvgIpc) is 2.42. The summed E-state index contributed by atoms with van der Waals surface area (Å²) in [6.07, 6.45) is 1.07. The molecule has 0 radical (unpaired) electrons. The maximum Gasteiger partial charge on any atom is 0.311 e. The van der Waals surface area contributed by atoms with Gasteiger partial charge < -0.3 is 14.8 Å². The van der Waals surface area contributed by atoms with E-state index in [4.69, 9.17) is 9.47 Å². The minimum absolute atomic E-state index is 0.0396. The van der Waals surface area contributed by atoms with Gasteiger partial charge in [-0.15, -0.1) is 0 Å². The van der Waals surface area contributed by atoms with Gasteiger partial charge in [0.05, 0.1) is 24.7 Å². The van der Waals surface area contributed by atoms with Crippen LogP contribution in [0.25, 0.3) is 0 Å². The number of fused-ring (bicyclic) bond motifs is 2. The lowest BCUT2D eigenvalue weighted by molar-refractivity contribution is -0.150. The number of carbonyl (C=O) groups is 1. The zero-order valence-corrected chi connectivity index (χ0v) is 7.79. The van der Waals surface area contributed by atoms with Crippen LogP contribution < -0.4 is 5.32 Å². The monoisotopic (exact) mass is 185 g/mol. The molecule has 0 aromatic carbocycles. The molecule has 0 saturated carbocycles. The van der Waals surface area contributed by atoms with Crippen molar-refractivity contribution in [3.8, 4) is 0 Å². The quantitative estimate of drug-likeness (QED) is 0.612. The Bertz CT molecular complexity index is 207. The summed E-state index contributed by atoms with van der Waals surface area (Å²) in [6, 6.07) is 0. The summed E-state index contributed by atoms with van der Waals surface area (Å²) in [4.78, 5) is 11.5. The average molecular weight is 185 g/mol. The van der Waals surface area contributed by atoms with Crippen molar-refractivity contribution in [2.24, 2.45) is 5.92 Å². The first kappa shape index (κ1) is 8.97. The van der Waals surface area contributed by atoms with E-state index in [-0.39, 0.29) is 24.1 Å². The third-order valence-corrected chi connectivity index (χ3v) is 2.64. The second-order valence-electron chi connectivity index (χ2n) is 3.55. The molecule has 2 rings (SSSR count). The van der Waals surface area contributed by atoms with Gasteiger partial charge in [0.1, 0.15) is 0 Å². The summed E-state index contributed by atoms with van der Waals surface area (Å²) in [6.45, 7) is 3.94. The molecule has 3 atom stereocenters. The molecule has 4 nitrogen and oxygen atoms in total. The normalized spacial score (nSPS) is 37.5. The van der Waals surface area contributed by atoms with Crippen molar-refractivity contribution < 1.29 is 14.3 Å². The number of esters is 1. The minimum atomic E-state index is -0.0984. The molecule has 0 aromatic heterocycles. The third-order valence-electron chi connectivity index (χ3n) is 2.64. The van der Waals surface area contributed by atoms with Crippen LogP contribution >= 0.6 is 0 Å². The Morgan fingerprint density at radius 1 is 1.62 bits per heavy atom. The molecule has 13 heavy (non-hydrogen) atoms. The Morgan fingerprint density at radius 3 is 3.15 bits per heavy atom. The molecule has 0 aromatic rings. The number of ether oxygens (including phenoxy) is 2. The van der Waals surface area contributed by atoms with Crippen LogP contribution in [0, 0.1) is 5.92 Å². The van der Waals surface area contributed by atoms with Gasteiger partial charge in [-0.2, -0.15) is 0 Å². The highest BCUT2D eigenvalue weighted by Crippen LogP contribution is 2.29. The molecule has 0 aliphatic carbocycles. The van der Waals surface area contributed by atoms with Crippen molar-refractivity contribution in [2.45, 2.75) is 25.6 Å². The fourth-order valence-electron chi connectivity index (χ4n) is 2.04. The summed E-state index contributed by atoms with van der Waals surface area (Å²) >= 11 is 0. The van der Waals surface area contributed by atoms with E-state index in [2.05, 4.69) is 5.32 Å². The highest BCUT2D eigenvalue weighted by Gasteiger charge is 2.42. The molecule has 2 aliphatic rings. The summed E-state index contributed by atoms with van der Waals surface area (Å²) < 4.78 is 10.6. The van der Waals surface area contributed by atoms with Gasteiger partial charge in [-0.05, 0) is 13.3 Å². The lowest BCUT2D eigenvalue weighted by atomic mass is 10.0. The Labute approximate surface area is 77.6 Å². The van der Waals surface area contributed by atoms with Crippen LogP contribution in [0.15, 0.2) is 0 Å². The minimum Gasteiger partial charge on any atom is -0.466 e. The van der Waals surface area contributed by atoms with Crippen LogP contribution in [0.1, 0.15) is 13.3 Å². The van der Waals surface area contributed by atoms with Gasteiger partial charge in [-0.25, -0.2) is 0 Å². The van der Waals surface area contributed by atoms with E-state index in [9.17, 15) is 4.79 Å². The maximum atomic E-state index is 11.5. The van der Waals surface area contributed by atoms with Crippen molar-refractivity contribution >= 4 is 5.97 Å². The molecule has 4 heteroatoms. The van der Waals surface area contributed by atoms with Crippen LogP contribution in [0.3, 0.4) is 0 Å². The van der Waals surface area contributed by atoms with Crippen LogP contribution in [0.5, 0.6) is 0 Å². The summed E-state index contributed by atoms with van der Waals surface area (Å²) in [7, 11) is 0. The Balaban J connectivity index is 1.96. The van der Waals surface area contributed by atoms with Gasteiger partial charge in [-0.3, -0.25) is 4.79 Å². The molecule has 0 amide bonds. The topological polar surface area (TPSA) is 47.6 Å². The summed E-state index contributed by atoms with van der Waals surface area (Å²) in [5, 5.41) is 3.24. The molecule has 2 aliphatic heterocycles. The van der Waals surface area contributed by atoms with Crippen molar-refractivity contribution in [3.05, 3.63) is 0 Å². The fourth-order valence-corrected chi connectivity index (χ4v) is 2.04. The SMILES string of the molecule is CCOC(=O)[C@@H]1C[C@H]2CNC[C@@H]1O2. The zero-order chi connectivity index (χ0) is 9.26. The Hall–Kier alpha value is -0.610. The molecular weight excluding hydrogens is 170 g/mol. The summed E-state index contributed by atoms with van der Waals surface area (Å²) in [5.41, 5.74) is 0. The van der Waals surface area contributed by atoms with Crippen LogP contribution in [0.4, 0.5) is 0 Å². The predicted octanol–water partition coefficient (Wildman–Crippen LogP) is -0.0736. The van der Waals surface area contributed by atoms with Gasteiger partial charge >= 0.3 is 5.97 Å². The lowest BCUT2D eigenvalue weighted by Gasteiger charge is -2.22. The first-order valence-electron chi connectivity index (χ1n) is 4.84. The first-order chi connectivity index (χ1) is 6.31. The predicted molar refractivity (Wildman–Crippen MR) is 46.3 cm³/mol. The van der Waals surface area contributed by atoms with Gasteiger partial charge in [0.15, 0.2) is 0 Å². The highest BCUT2D eigenvalue weighted by atomic mass is 16.5. The van der Waals surface area contributed by atoms with E-state index < -0.39 is 0 Å². The third kappa shape index (κ3) is 1.69. The molecule has 0 spiro atoms. The Morgan fingerprint density at radius 2 is 2.46 bits per heavy atom. The van der Waals surface area contributed by atoms with Crippen molar-refractivity contribution in [3.63, 3.8) is 0 Å². The molecule has 1 N–H and O–H groups in total. The smallest absolute Gasteiger partial charge is 0.311 e. The molecule has 0 unspecified atom stereocenters. The van der Waals surface area contributed by atoms with E-state index in [0.717, 1.165) is 19.5 Å². The molecule has 2 bridgehead atoms. The van der Waals surface area contributed by atoms with Crippen LogP contribution in [-0.4, -0.2) is 37.9 Å². The number of hydrogen-bond donors (Lipinski definition) is 1. The van der Waals surface area contributed by atoms with Gasteiger partial charge in [0.2, 0.25) is 0 Å². The molecule has 2 fully saturated rings. The molecule has 74 valence electrons. The van der Waals surface area contributed by atoms with Crippen molar-refractivity contribution in [2.75, 3.05) is 19.7 Å². The highest BCUT2D eigenvalue weighted by molar-refractivity contribution is 5.73. The molecular formula is C9H15NO3. The number of morpholine rings is 1. The molecule has 2 saturated heterocycles. The zero-order valence-electron chi connectivity index (χ0n) is 7.79. The number of hydrogen-bond acceptors (Lipinski definition) is 4. The summed E-state index contributed by atoms with van der Waals surface area (Å²) in [5.74, 6) is -0.140. The van der Waals surface area contributed by atoms with E-state index in [1.54, 1.807) is 0 Å². The van der Waals surface area contributed by atoms with Gasteiger partial charge in [-0.1, -0.05) is 0 Å². The fraction of sp³-hybridized carbons (Fsp3) is 0.889. The number of rotatable bonds is 2. The van der Waals surface area contributed by atoms with E-state index >= 15 is 0 Å². The second-order valence-corrected chi connectivity index (χ2v) is 3.55. The van der Waals surface area contributed by atoms with Gasteiger partial charge in [0, 0.05) is 13.1 Å². The van der Waals surface area contributed by atoms with Crippen molar-refractivity contribution in [1.82, 2.24) is 5.32 Å². The van der Waals surface area contributed by atoms with Crippen molar-refractivity contribution in [1.29, 1.82) is 0 Å². The van der Waals surface area contributed by atoms with Crippen LogP contribution in [-0.2, 0) is 14.3 Å². The van der Waals surface area contributed by atoms with Gasteiger partial charge in [0.25, 0.3) is 0 Å². The maximum absolute atomic E-state index is 11.5. The van der Waals surface area contributed by atoms with E-state index in [0.29, 0.717) is 6.61 Å².